The van der Waals surface area contributed by atoms with E-state index >= 15 is 0 Å². The third kappa shape index (κ3) is 6.17. The van der Waals surface area contributed by atoms with Crippen molar-refractivity contribution >= 4 is 28.6 Å². The van der Waals surface area contributed by atoms with Crippen LogP contribution in [-0.2, 0) is 0 Å². The predicted molar refractivity (Wildman–Crippen MR) is 149 cm³/mol. The molecule has 1 aliphatic rings. The van der Waals surface area contributed by atoms with Crippen LogP contribution >= 0.6 is 0 Å². The number of hydrogen-bond acceptors (Lipinski definition) is 6. The summed E-state index contributed by atoms with van der Waals surface area (Å²) >= 11 is 0. The smallest absolute Gasteiger partial charge is 0.251 e. The summed E-state index contributed by atoms with van der Waals surface area (Å²) in [6.07, 6.45) is 4.13. The maximum atomic E-state index is 12.8. The highest BCUT2D eigenvalue weighted by atomic mass is 16.5. The molecule has 0 radical (unpaired) electrons. The van der Waals surface area contributed by atoms with E-state index in [1.54, 1.807) is 6.07 Å². The van der Waals surface area contributed by atoms with Crippen LogP contribution in [0.15, 0.2) is 78.9 Å². The first kappa shape index (κ1) is 24.6. The molecule has 1 aromatic heterocycles. The van der Waals surface area contributed by atoms with Crippen molar-refractivity contribution in [2.75, 3.05) is 30.9 Å². The zero-order valence-corrected chi connectivity index (χ0v) is 21.4. The molecule has 7 nitrogen and oxygen atoms in total. The van der Waals surface area contributed by atoms with Gasteiger partial charge in [0.2, 0.25) is 5.95 Å². The Morgan fingerprint density at radius 1 is 0.892 bits per heavy atom. The van der Waals surface area contributed by atoms with E-state index in [2.05, 4.69) is 16.7 Å². The zero-order chi connectivity index (χ0) is 25.6. The molecule has 0 saturated heterocycles. The lowest BCUT2D eigenvalue weighted by molar-refractivity contribution is 0.0943. The number of nitrogens with one attached hydrogen (secondary N) is 2. The van der Waals surface area contributed by atoms with Gasteiger partial charge >= 0.3 is 0 Å². The molecule has 1 aliphatic carbocycles. The number of para-hydroxylation sites is 2. The van der Waals surface area contributed by atoms with E-state index in [-0.39, 0.29) is 5.91 Å². The lowest BCUT2D eigenvalue weighted by Crippen LogP contribution is -2.34. The average Bonchev–Trinajstić information content (AvgIpc) is 2.92. The number of ether oxygens (including phenoxy) is 1. The topological polar surface area (TPSA) is 79.4 Å². The number of aromatic nitrogens is 2. The van der Waals surface area contributed by atoms with Crippen LogP contribution in [0.5, 0.6) is 11.5 Å². The molecule has 2 N–H and O–H groups in total. The molecule has 190 valence electrons. The summed E-state index contributed by atoms with van der Waals surface area (Å²) in [5, 5.41) is 7.73. The number of rotatable bonds is 8. The first-order valence-corrected chi connectivity index (χ1v) is 12.9. The minimum atomic E-state index is -0.0699. The van der Waals surface area contributed by atoms with E-state index in [0.29, 0.717) is 35.8 Å². The van der Waals surface area contributed by atoms with Gasteiger partial charge in [-0.25, -0.2) is 4.98 Å². The summed E-state index contributed by atoms with van der Waals surface area (Å²) in [7, 11) is 4.01. The monoisotopic (exact) mass is 495 g/mol. The van der Waals surface area contributed by atoms with Crippen LogP contribution in [0.2, 0.25) is 0 Å². The van der Waals surface area contributed by atoms with Gasteiger partial charge in [0.1, 0.15) is 17.3 Å². The molecule has 3 aromatic carbocycles. The van der Waals surface area contributed by atoms with Gasteiger partial charge in [0.15, 0.2) is 0 Å². The van der Waals surface area contributed by atoms with Crippen molar-refractivity contribution < 1.29 is 9.53 Å². The third-order valence-electron chi connectivity index (χ3n) is 6.81. The summed E-state index contributed by atoms with van der Waals surface area (Å²) in [6, 6.07) is 25.3. The van der Waals surface area contributed by atoms with Gasteiger partial charge in [0.25, 0.3) is 5.91 Å². The summed E-state index contributed by atoms with van der Waals surface area (Å²) < 4.78 is 5.87. The number of anilines is 2. The summed E-state index contributed by atoms with van der Waals surface area (Å²) in [6.45, 7) is 0.673. The molecule has 1 heterocycles. The van der Waals surface area contributed by atoms with Gasteiger partial charge in [-0.05, 0) is 74.1 Å². The van der Waals surface area contributed by atoms with E-state index in [1.807, 2.05) is 85.7 Å². The zero-order valence-electron chi connectivity index (χ0n) is 21.4. The SMILES string of the molecule is CN(C)c1nc(NC2CCC(CNC(=O)c3cccc(Oc4ccccc4)c3)CC2)nc2ccccc12. The third-order valence-corrected chi connectivity index (χ3v) is 6.81. The number of nitrogens with zero attached hydrogens (tertiary/aromatic N) is 3. The van der Waals surface area contributed by atoms with Crippen molar-refractivity contribution in [1.82, 2.24) is 15.3 Å². The molecule has 1 fully saturated rings. The van der Waals surface area contributed by atoms with Gasteiger partial charge < -0.3 is 20.3 Å². The van der Waals surface area contributed by atoms with Gasteiger partial charge in [-0.1, -0.05) is 36.4 Å². The van der Waals surface area contributed by atoms with Gasteiger partial charge in [-0.3, -0.25) is 4.79 Å². The van der Waals surface area contributed by atoms with Gasteiger partial charge in [-0.15, -0.1) is 0 Å². The van der Waals surface area contributed by atoms with Crippen molar-refractivity contribution in [2.24, 2.45) is 5.92 Å². The molecule has 0 bridgehead atoms. The average molecular weight is 496 g/mol. The van der Waals surface area contributed by atoms with E-state index in [0.717, 1.165) is 48.2 Å². The molecular weight excluding hydrogens is 462 g/mol. The molecule has 0 spiro atoms. The highest BCUT2D eigenvalue weighted by Gasteiger charge is 2.23. The maximum Gasteiger partial charge on any atom is 0.251 e. The Hall–Kier alpha value is -4.13. The fourth-order valence-corrected chi connectivity index (χ4v) is 4.82. The molecular formula is C30H33N5O2. The Morgan fingerprint density at radius 3 is 2.41 bits per heavy atom. The first-order chi connectivity index (χ1) is 18.0. The largest absolute Gasteiger partial charge is 0.457 e. The van der Waals surface area contributed by atoms with Crippen molar-refractivity contribution in [3.05, 3.63) is 84.4 Å². The Bertz CT molecular complexity index is 1350. The van der Waals surface area contributed by atoms with Crippen LogP contribution in [0.3, 0.4) is 0 Å². The number of carbonyl (C=O) groups excluding carboxylic acids is 1. The maximum absolute atomic E-state index is 12.8. The van der Waals surface area contributed by atoms with E-state index in [9.17, 15) is 4.79 Å². The fourth-order valence-electron chi connectivity index (χ4n) is 4.82. The van der Waals surface area contributed by atoms with Crippen LogP contribution in [0.25, 0.3) is 10.9 Å². The lowest BCUT2D eigenvalue weighted by Gasteiger charge is -2.29. The number of benzene rings is 3. The quantitative estimate of drug-likeness (QED) is 0.317. The highest BCUT2D eigenvalue weighted by Crippen LogP contribution is 2.28. The van der Waals surface area contributed by atoms with Crippen LogP contribution < -0.4 is 20.3 Å². The van der Waals surface area contributed by atoms with Gasteiger partial charge in [0.05, 0.1) is 5.52 Å². The lowest BCUT2D eigenvalue weighted by atomic mass is 9.86. The molecule has 37 heavy (non-hydrogen) atoms. The molecule has 0 aliphatic heterocycles. The second-order valence-electron chi connectivity index (χ2n) is 9.80. The normalized spacial score (nSPS) is 17.2. The minimum absolute atomic E-state index is 0.0699. The van der Waals surface area contributed by atoms with Crippen LogP contribution in [-0.4, -0.2) is 42.6 Å². The minimum Gasteiger partial charge on any atom is -0.457 e. The van der Waals surface area contributed by atoms with Crippen LogP contribution in [0.4, 0.5) is 11.8 Å². The first-order valence-electron chi connectivity index (χ1n) is 12.9. The van der Waals surface area contributed by atoms with Gasteiger partial charge in [-0.2, -0.15) is 4.98 Å². The van der Waals surface area contributed by atoms with Crippen molar-refractivity contribution in [3.63, 3.8) is 0 Å². The molecule has 0 unspecified atom stereocenters. The van der Waals surface area contributed by atoms with Crippen molar-refractivity contribution in [2.45, 2.75) is 31.7 Å². The number of hydrogen-bond donors (Lipinski definition) is 2. The highest BCUT2D eigenvalue weighted by molar-refractivity contribution is 5.94. The van der Waals surface area contributed by atoms with Crippen molar-refractivity contribution in [1.29, 1.82) is 0 Å². The molecule has 1 saturated carbocycles. The Balaban J connectivity index is 1.12. The summed E-state index contributed by atoms with van der Waals surface area (Å²) in [4.78, 5) is 24.3. The summed E-state index contributed by atoms with van der Waals surface area (Å²) in [5.41, 5.74) is 1.55. The van der Waals surface area contributed by atoms with E-state index in [1.165, 1.54) is 0 Å². The Kier molecular flexibility index (Phi) is 7.49. The van der Waals surface area contributed by atoms with Crippen molar-refractivity contribution in [3.8, 4) is 11.5 Å². The molecule has 7 heteroatoms. The molecule has 1 amide bonds. The number of fused-ring (bicyclic) bond motifs is 1. The standard InChI is InChI=1S/C30H33N5O2/c1-35(2)28-26-13-6-7-14-27(26)33-30(34-28)32-23-17-15-21(16-18-23)20-31-29(36)22-9-8-12-25(19-22)37-24-10-4-3-5-11-24/h3-14,19,21,23H,15-18,20H2,1-2H3,(H,31,36)(H,32,33,34). The predicted octanol–water partition coefficient (Wildman–Crippen LogP) is 5.89. The van der Waals surface area contributed by atoms with E-state index in [4.69, 9.17) is 14.7 Å². The number of amides is 1. The van der Waals surface area contributed by atoms with Gasteiger partial charge in [0, 0.05) is 37.6 Å². The van der Waals surface area contributed by atoms with Crippen LogP contribution in [0.1, 0.15) is 36.0 Å². The Morgan fingerprint density at radius 2 is 1.62 bits per heavy atom. The molecule has 4 aromatic rings. The Labute approximate surface area is 217 Å². The fraction of sp³-hybridized carbons (Fsp3) is 0.300. The van der Waals surface area contributed by atoms with E-state index < -0.39 is 0 Å². The molecule has 0 atom stereocenters. The molecule has 5 rings (SSSR count). The second-order valence-corrected chi connectivity index (χ2v) is 9.80. The summed E-state index contributed by atoms with van der Waals surface area (Å²) in [5.74, 6) is 3.39. The number of carbonyl (C=O) groups is 1. The second kappa shape index (κ2) is 11.3. The van der Waals surface area contributed by atoms with Crippen LogP contribution in [0, 0.1) is 5.92 Å².